The Kier molecular flexibility index (Phi) is 16.8. The van der Waals surface area contributed by atoms with E-state index in [9.17, 15) is 19.2 Å². The monoisotopic (exact) mass is 670 g/mol. The van der Waals surface area contributed by atoms with Gasteiger partial charge in [-0.3, -0.25) is 0 Å². The van der Waals surface area contributed by atoms with Crippen molar-refractivity contribution >= 4 is 23.9 Å². The fourth-order valence-corrected chi connectivity index (χ4v) is 3.90. The van der Waals surface area contributed by atoms with E-state index >= 15 is 0 Å². The predicted molar refractivity (Wildman–Crippen MR) is 182 cm³/mol. The van der Waals surface area contributed by atoms with E-state index in [1.54, 1.807) is 97.1 Å². The number of hydrogen-bond acceptors (Lipinski definition) is 10. The molecule has 4 rings (SSSR count). The van der Waals surface area contributed by atoms with Gasteiger partial charge in [0, 0.05) is 5.41 Å². The number of hydrogen-bond donors (Lipinski definition) is 0. The van der Waals surface area contributed by atoms with Crippen molar-refractivity contribution in [3.8, 4) is 0 Å². The molecule has 4 aromatic carbocycles. The summed E-state index contributed by atoms with van der Waals surface area (Å²) in [7, 11) is 0. The molecule has 0 saturated carbocycles. The van der Waals surface area contributed by atoms with Gasteiger partial charge in [0.1, 0.15) is 13.2 Å². The number of rotatable bonds is 17. The molecule has 0 unspecified atom stereocenters. The first-order valence-electron chi connectivity index (χ1n) is 15.8. The zero-order valence-electron chi connectivity index (χ0n) is 27.8. The van der Waals surface area contributed by atoms with Gasteiger partial charge in [0.15, 0.2) is 0 Å². The van der Waals surface area contributed by atoms with Crippen LogP contribution in [0.4, 0.5) is 0 Å². The summed E-state index contributed by atoms with van der Waals surface area (Å²) >= 11 is 0. The molecule has 10 heteroatoms. The molecule has 0 aliphatic carbocycles. The lowest BCUT2D eigenvalue weighted by Crippen LogP contribution is -2.28. The van der Waals surface area contributed by atoms with Gasteiger partial charge in [-0.2, -0.15) is 0 Å². The largest absolute Gasteiger partial charge is 0.461 e. The molecule has 0 atom stereocenters. The molecule has 49 heavy (non-hydrogen) atoms. The number of benzene rings is 4. The molecule has 0 aromatic heterocycles. The first-order chi connectivity index (χ1) is 23.7. The van der Waals surface area contributed by atoms with Crippen molar-refractivity contribution in [2.75, 3.05) is 52.9 Å². The lowest BCUT2D eigenvalue weighted by molar-refractivity contribution is 0.00229. The van der Waals surface area contributed by atoms with Crippen molar-refractivity contribution in [2.45, 2.75) is 13.8 Å². The standard InChI is InChI=1S/C20H22O6.C19H20O4/c21-19(17-7-3-1-4-8-17)25-15-13-23-11-12-24-14-16-26-20(22)18-9-5-2-6-10-18;1-19(2,13-22-17(20)15-9-5-3-6-10-15)14-23-18(21)16-11-7-4-8-12-16/h1-10H,11-16H2;3-12H,13-14H2,1-2H3. The Morgan fingerprint density at radius 1 is 0.388 bits per heavy atom. The van der Waals surface area contributed by atoms with Crippen molar-refractivity contribution in [3.63, 3.8) is 0 Å². The predicted octanol–water partition coefficient (Wildman–Crippen LogP) is 6.46. The van der Waals surface area contributed by atoms with Crippen LogP contribution < -0.4 is 0 Å². The number of carbonyl (C=O) groups is 4. The summed E-state index contributed by atoms with van der Waals surface area (Å²) in [5, 5.41) is 0. The Morgan fingerprint density at radius 3 is 0.918 bits per heavy atom. The molecule has 0 bridgehead atoms. The van der Waals surface area contributed by atoms with Crippen molar-refractivity contribution in [2.24, 2.45) is 5.41 Å². The summed E-state index contributed by atoms with van der Waals surface area (Å²) in [6.45, 7) is 5.80. The number of ether oxygens (including phenoxy) is 6. The molecule has 258 valence electrons. The van der Waals surface area contributed by atoms with Gasteiger partial charge >= 0.3 is 23.9 Å². The third-order valence-electron chi connectivity index (χ3n) is 6.52. The van der Waals surface area contributed by atoms with E-state index in [1.165, 1.54) is 0 Å². The van der Waals surface area contributed by atoms with Crippen LogP contribution in [0.1, 0.15) is 55.3 Å². The van der Waals surface area contributed by atoms with Crippen LogP contribution >= 0.6 is 0 Å². The minimum atomic E-state index is -0.463. The van der Waals surface area contributed by atoms with Gasteiger partial charge in [-0.1, -0.05) is 86.6 Å². The minimum absolute atomic E-state index is 0.169. The first-order valence-corrected chi connectivity index (χ1v) is 15.8. The smallest absolute Gasteiger partial charge is 0.338 e. The highest BCUT2D eigenvalue weighted by atomic mass is 16.6. The van der Waals surface area contributed by atoms with Crippen LogP contribution in [0.3, 0.4) is 0 Å². The second-order valence-corrected chi connectivity index (χ2v) is 11.3. The summed E-state index contributed by atoms with van der Waals surface area (Å²) in [6.07, 6.45) is 0. The fraction of sp³-hybridized carbons (Fsp3) is 0.282. The molecule has 0 radical (unpaired) electrons. The maximum absolute atomic E-state index is 11.9. The van der Waals surface area contributed by atoms with Crippen LogP contribution in [0.25, 0.3) is 0 Å². The van der Waals surface area contributed by atoms with Crippen molar-refractivity contribution < 1.29 is 47.6 Å². The molecule has 10 nitrogen and oxygen atoms in total. The van der Waals surface area contributed by atoms with Crippen molar-refractivity contribution in [3.05, 3.63) is 144 Å². The normalized spacial score (nSPS) is 10.6. The van der Waals surface area contributed by atoms with E-state index in [4.69, 9.17) is 28.4 Å². The summed E-state index contributed by atoms with van der Waals surface area (Å²) in [6, 6.07) is 35.2. The van der Waals surface area contributed by atoms with E-state index in [2.05, 4.69) is 0 Å². The van der Waals surface area contributed by atoms with Gasteiger partial charge in [-0.15, -0.1) is 0 Å². The quantitative estimate of drug-likeness (QED) is 0.0703. The lowest BCUT2D eigenvalue weighted by atomic mass is 9.96. The van der Waals surface area contributed by atoms with Gasteiger partial charge in [-0.05, 0) is 48.5 Å². The topological polar surface area (TPSA) is 124 Å². The maximum atomic E-state index is 11.9. The Hall–Kier alpha value is -5.32. The summed E-state index contributed by atoms with van der Waals surface area (Å²) in [5.41, 5.74) is 1.57. The summed E-state index contributed by atoms with van der Waals surface area (Å²) in [5.74, 6) is -1.50. The number of carbonyl (C=O) groups excluding carboxylic acids is 4. The van der Waals surface area contributed by atoms with Crippen molar-refractivity contribution in [1.82, 2.24) is 0 Å². The third kappa shape index (κ3) is 15.4. The number of esters is 4. The second-order valence-electron chi connectivity index (χ2n) is 11.3. The van der Waals surface area contributed by atoms with Gasteiger partial charge in [0.25, 0.3) is 0 Å². The molecule has 0 fully saturated rings. The molecule has 0 saturated heterocycles. The Morgan fingerprint density at radius 2 is 0.633 bits per heavy atom. The SMILES string of the molecule is CC(C)(COC(=O)c1ccccc1)COC(=O)c1ccccc1.O=C(OCCOCCOCCOC(=O)c1ccccc1)c1ccccc1. The zero-order valence-corrected chi connectivity index (χ0v) is 27.8. The van der Waals surface area contributed by atoms with E-state index in [0.717, 1.165) is 0 Å². The molecular weight excluding hydrogens is 628 g/mol. The van der Waals surface area contributed by atoms with Crippen LogP contribution in [0, 0.1) is 5.41 Å². The van der Waals surface area contributed by atoms with E-state index < -0.39 is 5.41 Å². The lowest BCUT2D eigenvalue weighted by Gasteiger charge is -2.23. The van der Waals surface area contributed by atoms with E-state index in [0.29, 0.717) is 48.7 Å². The Labute approximate surface area is 286 Å². The highest BCUT2D eigenvalue weighted by Crippen LogP contribution is 2.18. The molecule has 0 N–H and O–H groups in total. The molecule has 0 aliphatic heterocycles. The average molecular weight is 671 g/mol. The molecular formula is C39H42O10. The minimum Gasteiger partial charge on any atom is -0.461 e. The Bertz CT molecular complexity index is 1430. The average Bonchev–Trinajstić information content (AvgIpc) is 3.15. The van der Waals surface area contributed by atoms with Gasteiger partial charge in [-0.25, -0.2) is 19.2 Å². The molecule has 0 aliphatic rings. The maximum Gasteiger partial charge on any atom is 0.338 e. The van der Waals surface area contributed by atoms with Gasteiger partial charge in [0.05, 0.1) is 61.9 Å². The highest BCUT2D eigenvalue weighted by molar-refractivity contribution is 5.90. The van der Waals surface area contributed by atoms with Gasteiger partial charge < -0.3 is 28.4 Å². The Balaban J connectivity index is 0.000000267. The van der Waals surface area contributed by atoms with Crippen LogP contribution in [-0.2, 0) is 28.4 Å². The summed E-state index contributed by atoms with van der Waals surface area (Å²) < 4.78 is 31.4. The van der Waals surface area contributed by atoms with E-state index in [-0.39, 0.29) is 50.3 Å². The summed E-state index contributed by atoms with van der Waals surface area (Å²) in [4.78, 5) is 47.2. The second kappa shape index (κ2) is 21.5. The van der Waals surface area contributed by atoms with E-state index in [1.807, 2.05) is 38.1 Å². The molecule has 4 aromatic rings. The van der Waals surface area contributed by atoms with Crippen LogP contribution in [0.2, 0.25) is 0 Å². The molecule has 0 spiro atoms. The highest BCUT2D eigenvalue weighted by Gasteiger charge is 2.23. The fourth-order valence-electron chi connectivity index (χ4n) is 3.90. The zero-order chi connectivity index (χ0) is 35.2. The van der Waals surface area contributed by atoms with Crippen LogP contribution in [0.5, 0.6) is 0 Å². The van der Waals surface area contributed by atoms with Gasteiger partial charge in [0.2, 0.25) is 0 Å². The van der Waals surface area contributed by atoms with Crippen LogP contribution in [-0.4, -0.2) is 76.7 Å². The van der Waals surface area contributed by atoms with Crippen LogP contribution in [0.15, 0.2) is 121 Å². The molecule has 0 heterocycles. The third-order valence-corrected chi connectivity index (χ3v) is 6.52. The first kappa shape index (κ1) is 38.1. The van der Waals surface area contributed by atoms with Crippen molar-refractivity contribution in [1.29, 1.82) is 0 Å². The molecule has 0 amide bonds.